The molecule has 3 nitrogen and oxygen atoms in total. The van der Waals surface area contributed by atoms with E-state index in [0.717, 1.165) is 24.7 Å². The van der Waals surface area contributed by atoms with Crippen LogP contribution in [0.4, 0.5) is 0 Å². The number of aliphatic hydroxyl groups is 1. The summed E-state index contributed by atoms with van der Waals surface area (Å²) in [5.41, 5.74) is 0.999. The third-order valence-electron chi connectivity index (χ3n) is 5.80. The van der Waals surface area contributed by atoms with Gasteiger partial charge in [0.15, 0.2) is 0 Å². The van der Waals surface area contributed by atoms with E-state index in [1.54, 1.807) is 6.92 Å². The Morgan fingerprint density at radius 3 is 2.40 bits per heavy atom. The molecule has 4 saturated carbocycles. The maximum atomic E-state index is 11.7. The summed E-state index contributed by atoms with van der Waals surface area (Å²) in [6, 6.07) is 0. The first kappa shape index (κ1) is 14.1. The summed E-state index contributed by atoms with van der Waals surface area (Å²) in [7, 11) is 0. The molecule has 4 rings (SSSR count). The molecule has 4 bridgehead atoms. The molecule has 0 aromatic carbocycles. The molecular formula is C17H26O3. The van der Waals surface area contributed by atoms with Crippen molar-refractivity contribution in [2.75, 3.05) is 13.2 Å². The normalized spacial score (nSPS) is 41.7. The molecule has 4 aliphatic rings. The van der Waals surface area contributed by atoms with Gasteiger partial charge < -0.3 is 9.84 Å². The Kier molecular flexibility index (Phi) is 3.44. The Hall–Kier alpha value is -0.830. The molecule has 0 radical (unpaired) electrons. The highest BCUT2D eigenvalue weighted by atomic mass is 16.5. The van der Waals surface area contributed by atoms with E-state index in [9.17, 15) is 9.90 Å². The first-order chi connectivity index (χ1) is 9.46. The summed E-state index contributed by atoms with van der Waals surface area (Å²) in [5, 5.41) is 9.40. The van der Waals surface area contributed by atoms with Crippen LogP contribution in [0.1, 0.15) is 51.9 Å². The highest BCUT2D eigenvalue weighted by molar-refractivity contribution is 5.86. The van der Waals surface area contributed by atoms with E-state index in [0.29, 0.717) is 24.2 Å². The molecule has 2 unspecified atom stereocenters. The summed E-state index contributed by atoms with van der Waals surface area (Å²) >= 11 is 0. The number of aliphatic hydroxyl groups excluding tert-OH is 1. The van der Waals surface area contributed by atoms with E-state index >= 15 is 0 Å². The number of carbonyl (C=O) groups excluding carboxylic acids is 1. The summed E-state index contributed by atoms with van der Waals surface area (Å²) in [4.78, 5) is 11.7. The van der Waals surface area contributed by atoms with E-state index in [2.05, 4.69) is 6.58 Å². The van der Waals surface area contributed by atoms with Gasteiger partial charge in [0, 0.05) is 17.6 Å². The minimum atomic E-state index is -0.253. The van der Waals surface area contributed by atoms with Crippen molar-refractivity contribution in [1.82, 2.24) is 0 Å². The molecule has 4 fully saturated rings. The average molecular weight is 278 g/mol. The smallest absolute Gasteiger partial charge is 0.333 e. The second kappa shape index (κ2) is 4.87. The average Bonchev–Trinajstić information content (AvgIpc) is 2.34. The first-order valence-corrected chi connectivity index (χ1v) is 7.89. The number of rotatable bonds is 5. The number of carbonyl (C=O) groups is 1. The fourth-order valence-electron chi connectivity index (χ4n) is 5.69. The molecule has 0 spiro atoms. The Morgan fingerprint density at radius 2 is 1.85 bits per heavy atom. The van der Waals surface area contributed by atoms with E-state index in [4.69, 9.17) is 4.74 Å². The van der Waals surface area contributed by atoms with Gasteiger partial charge >= 0.3 is 5.97 Å². The standard InChI is InChI=1S/C17H26O3/c1-12(2)15(19)20-11-17-8-13-5-14(9-17)7-16(6-13,10-17)3-4-18/h13-14,18H,1,3-11H2,2H3. The third-order valence-corrected chi connectivity index (χ3v) is 5.80. The van der Waals surface area contributed by atoms with Crippen LogP contribution >= 0.6 is 0 Å². The predicted octanol–water partition coefficient (Wildman–Crippen LogP) is 3.07. The van der Waals surface area contributed by atoms with E-state index in [1.807, 2.05) is 0 Å². The van der Waals surface area contributed by atoms with Crippen molar-refractivity contribution in [2.24, 2.45) is 22.7 Å². The van der Waals surface area contributed by atoms with E-state index < -0.39 is 0 Å². The largest absolute Gasteiger partial charge is 0.462 e. The van der Waals surface area contributed by atoms with Crippen LogP contribution in [-0.2, 0) is 9.53 Å². The van der Waals surface area contributed by atoms with Gasteiger partial charge in [0.25, 0.3) is 0 Å². The van der Waals surface area contributed by atoms with Crippen molar-refractivity contribution < 1.29 is 14.6 Å². The third kappa shape index (κ3) is 2.41. The van der Waals surface area contributed by atoms with Gasteiger partial charge in [0.2, 0.25) is 0 Å². The van der Waals surface area contributed by atoms with Crippen molar-refractivity contribution in [3.05, 3.63) is 12.2 Å². The monoisotopic (exact) mass is 278 g/mol. The van der Waals surface area contributed by atoms with Crippen LogP contribution in [0.3, 0.4) is 0 Å². The molecule has 4 aliphatic carbocycles. The minimum Gasteiger partial charge on any atom is -0.462 e. The van der Waals surface area contributed by atoms with Gasteiger partial charge in [-0.05, 0) is 69.1 Å². The molecule has 0 aromatic rings. The first-order valence-electron chi connectivity index (χ1n) is 7.89. The lowest BCUT2D eigenvalue weighted by Gasteiger charge is -2.62. The number of hydrogen-bond acceptors (Lipinski definition) is 3. The van der Waals surface area contributed by atoms with Gasteiger partial charge in [-0.3, -0.25) is 0 Å². The molecule has 112 valence electrons. The zero-order chi connectivity index (χ0) is 14.4. The summed E-state index contributed by atoms with van der Waals surface area (Å²) in [6.07, 6.45) is 8.39. The fourth-order valence-corrected chi connectivity index (χ4v) is 5.69. The molecule has 0 saturated heterocycles. The van der Waals surface area contributed by atoms with Crippen molar-refractivity contribution >= 4 is 5.97 Å². The molecule has 1 N–H and O–H groups in total. The number of ether oxygens (including phenoxy) is 1. The Bertz CT molecular complexity index is 412. The van der Waals surface area contributed by atoms with Crippen LogP contribution in [-0.4, -0.2) is 24.3 Å². The lowest BCUT2D eigenvalue weighted by Crippen LogP contribution is -2.54. The van der Waals surface area contributed by atoms with Gasteiger partial charge in [-0.25, -0.2) is 4.79 Å². The Balaban J connectivity index is 1.73. The van der Waals surface area contributed by atoms with Crippen LogP contribution < -0.4 is 0 Å². The Morgan fingerprint density at radius 1 is 1.25 bits per heavy atom. The van der Waals surface area contributed by atoms with Crippen molar-refractivity contribution in [2.45, 2.75) is 51.9 Å². The van der Waals surface area contributed by atoms with Gasteiger partial charge in [0.1, 0.15) is 0 Å². The van der Waals surface area contributed by atoms with Gasteiger partial charge in [-0.1, -0.05) is 6.58 Å². The Labute approximate surface area is 121 Å². The maximum absolute atomic E-state index is 11.7. The van der Waals surface area contributed by atoms with E-state index in [1.165, 1.54) is 32.1 Å². The van der Waals surface area contributed by atoms with Crippen LogP contribution in [0.2, 0.25) is 0 Å². The second-order valence-electron chi connectivity index (χ2n) is 7.79. The second-order valence-corrected chi connectivity index (χ2v) is 7.79. The summed E-state index contributed by atoms with van der Waals surface area (Å²) < 4.78 is 5.51. The molecular weight excluding hydrogens is 252 g/mol. The lowest BCUT2D eigenvalue weighted by atomic mass is 9.44. The van der Waals surface area contributed by atoms with Gasteiger partial charge in [-0.15, -0.1) is 0 Å². The van der Waals surface area contributed by atoms with Crippen LogP contribution in [0.5, 0.6) is 0 Å². The molecule has 2 atom stereocenters. The summed E-state index contributed by atoms with van der Waals surface area (Å²) in [6.45, 7) is 6.21. The van der Waals surface area contributed by atoms with Crippen LogP contribution in [0.15, 0.2) is 12.2 Å². The van der Waals surface area contributed by atoms with Crippen molar-refractivity contribution in [3.8, 4) is 0 Å². The molecule has 3 heteroatoms. The van der Waals surface area contributed by atoms with Gasteiger partial charge in [0.05, 0.1) is 6.61 Å². The molecule has 0 aromatic heterocycles. The maximum Gasteiger partial charge on any atom is 0.333 e. The molecule has 0 aliphatic heterocycles. The molecule has 0 amide bonds. The quantitative estimate of drug-likeness (QED) is 0.621. The SMILES string of the molecule is C=C(C)C(=O)OCC12CC3CC(CC(CCO)(C3)C1)C2. The topological polar surface area (TPSA) is 46.5 Å². The van der Waals surface area contributed by atoms with Crippen LogP contribution in [0.25, 0.3) is 0 Å². The van der Waals surface area contributed by atoms with Crippen molar-refractivity contribution in [1.29, 1.82) is 0 Å². The fraction of sp³-hybridized carbons (Fsp3) is 0.824. The number of hydrogen-bond donors (Lipinski definition) is 1. The zero-order valence-corrected chi connectivity index (χ0v) is 12.5. The highest BCUT2D eigenvalue weighted by Gasteiger charge is 2.57. The minimum absolute atomic E-state index is 0.185. The number of esters is 1. The highest BCUT2D eigenvalue weighted by Crippen LogP contribution is 2.66. The zero-order valence-electron chi connectivity index (χ0n) is 12.5. The van der Waals surface area contributed by atoms with Crippen LogP contribution in [0, 0.1) is 22.7 Å². The molecule has 20 heavy (non-hydrogen) atoms. The van der Waals surface area contributed by atoms with E-state index in [-0.39, 0.29) is 11.4 Å². The predicted molar refractivity (Wildman–Crippen MR) is 77.0 cm³/mol. The van der Waals surface area contributed by atoms with Crippen molar-refractivity contribution in [3.63, 3.8) is 0 Å². The lowest BCUT2D eigenvalue weighted by molar-refractivity contribution is -0.163. The summed E-state index contributed by atoms with van der Waals surface area (Å²) in [5.74, 6) is 1.31. The molecule has 0 heterocycles. The van der Waals surface area contributed by atoms with Gasteiger partial charge in [-0.2, -0.15) is 0 Å².